The Morgan fingerprint density at radius 2 is 2.11 bits per heavy atom. The van der Waals surface area contributed by atoms with Crippen molar-refractivity contribution in [2.24, 2.45) is 5.92 Å². The van der Waals surface area contributed by atoms with E-state index in [0.29, 0.717) is 5.92 Å². The summed E-state index contributed by atoms with van der Waals surface area (Å²) in [7, 11) is 0. The van der Waals surface area contributed by atoms with E-state index in [0.717, 1.165) is 44.6 Å². The number of carbonyl (C=O) groups excluding carboxylic acids is 1. The number of rotatable bonds is 2. The molecular weight excluding hydrogens is 226 g/mol. The van der Waals surface area contributed by atoms with E-state index in [2.05, 4.69) is 11.4 Å². The van der Waals surface area contributed by atoms with Crippen LogP contribution in [0.25, 0.3) is 0 Å². The smallest absolute Gasteiger partial charge is 0.223 e. The SMILES string of the molecule is O=C1NCCCCC1CC1COc2ccccc21. The Balaban J connectivity index is 1.72. The molecule has 18 heavy (non-hydrogen) atoms. The minimum Gasteiger partial charge on any atom is -0.493 e. The molecule has 1 amide bonds. The van der Waals surface area contributed by atoms with Crippen molar-refractivity contribution in [3.63, 3.8) is 0 Å². The van der Waals surface area contributed by atoms with Gasteiger partial charge in [0.1, 0.15) is 5.75 Å². The van der Waals surface area contributed by atoms with Gasteiger partial charge < -0.3 is 10.1 Å². The summed E-state index contributed by atoms with van der Waals surface area (Å²) in [4.78, 5) is 12.0. The minimum atomic E-state index is 0.159. The summed E-state index contributed by atoms with van der Waals surface area (Å²) in [5.74, 6) is 1.77. The molecule has 0 radical (unpaired) electrons. The lowest BCUT2D eigenvalue weighted by molar-refractivity contribution is -0.125. The molecule has 0 aromatic heterocycles. The fourth-order valence-electron chi connectivity index (χ4n) is 3.00. The number of benzene rings is 1. The minimum absolute atomic E-state index is 0.159. The summed E-state index contributed by atoms with van der Waals surface area (Å²) in [6, 6.07) is 8.19. The zero-order valence-corrected chi connectivity index (χ0v) is 10.5. The molecule has 3 heteroatoms. The topological polar surface area (TPSA) is 38.3 Å². The second-order valence-corrected chi connectivity index (χ2v) is 5.27. The van der Waals surface area contributed by atoms with Gasteiger partial charge in [-0.05, 0) is 25.3 Å². The van der Waals surface area contributed by atoms with E-state index in [1.807, 2.05) is 18.2 Å². The number of hydrogen-bond donors (Lipinski definition) is 1. The molecule has 2 heterocycles. The monoisotopic (exact) mass is 245 g/mol. The molecule has 1 N–H and O–H groups in total. The van der Waals surface area contributed by atoms with Gasteiger partial charge in [-0.25, -0.2) is 0 Å². The second-order valence-electron chi connectivity index (χ2n) is 5.27. The predicted octanol–water partition coefficient (Wildman–Crippen LogP) is 2.47. The van der Waals surface area contributed by atoms with Crippen molar-refractivity contribution < 1.29 is 9.53 Å². The molecule has 3 rings (SSSR count). The van der Waals surface area contributed by atoms with Crippen molar-refractivity contribution in [2.45, 2.75) is 31.6 Å². The maximum Gasteiger partial charge on any atom is 0.223 e. The van der Waals surface area contributed by atoms with Crippen LogP contribution in [0.5, 0.6) is 5.75 Å². The first-order chi connectivity index (χ1) is 8.84. The largest absolute Gasteiger partial charge is 0.493 e. The molecule has 0 bridgehead atoms. The first-order valence-electron chi connectivity index (χ1n) is 6.84. The van der Waals surface area contributed by atoms with E-state index >= 15 is 0 Å². The van der Waals surface area contributed by atoms with Gasteiger partial charge in [0, 0.05) is 23.9 Å². The molecule has 1 fully saturated rings. The number of fused-ring (bicyclic) bond motifs is 1. The Morgan fingerprint density at radius 1 is 1.22 bits per heavy atom. The molecule has 0 spiro atoms. The Labute approximate surface area is 108 Å². The van der Waals surface area contributed by atoms with Crippen molar-refractivity contribution in [3.05, 3.63) is 29.8 Å². The van der Waals surface area contributed by atoms with Crippen LogP contribution in [0.2, 0.25) is 0 Å². The van der Waals surface area contributed by atoms with Gasteiger partial charge in [0.2, 0.25) is 5.91 Å². The van der Waals surface area contributed by atoms with Gasteiger partial charge in [-0.3, -0.25) is 4.79 Å². The lowest BCUT2D eigenvalue weighted by Crippen LogP contribution is -2.30. The summed E-state index contributed by atoms with van der Waals surface area (Å²) in [5.41, 5.74) is 1.27. The number of para-hydroxylation sites is 1. The average Bonchev–Trinajstić information content (AvgIpc) is 2.69. The van der Waals surface area contributed by atoms with Gasteiger partial charge in [0.05, 0.1) is 6.61 Å². The number of nitrogens with one attached hydrogen (secondary N) is 1. The van der Waals surface area contributed by atoms with E-state index in [9.17, 15) is 4.79 Å². The van der Waals surface area contributed by atoms with Gasteiger partial charge in [-0.2, -0.15) is 0 Å². The molecule has 3 nitrogen and oxygen atoms in total. The molecule has 0 aliphatic carbocycles. The van der Waals surface area contributed by atoms with Crippen molar-refractivity contribution in [3.8, 4) is 5.75 Å². The molecule has 0 saturated carbocycles. The summed E-state index contributed by atoms with van der Waals surface area (Å²) >= 11 is 0. The lowest BCUT2D eigenvalue weighted by atomic mass is 9.87. The molecule has 2 unspecified atom stereocenters. The molecule has 1 aromatic rings. The third-order valence-electron chi connectivity index (χ3n) is 4.02. The van der Waals surface area contributed by atoms with E-state index in [-0.39, 0.29) is 11.8 Å². The third kappa shape index (κ3) is 2.22. The van der Waals surface area contributed by atoms with Crippen LogP contribution in [0.15, 0.2) is 24.3 Å². The Kier molecular flexibility index (Phi) is 3.22. The van der Waals surface area contributed by atoms with E-state index < -0.39 is 0 Å². The molecular formula is C15H19NO2. The number of carbonyl (C=O) groups is 1. The fourth-order valence-corrected chi connectivity index (χ4v) is 3.00. The van der Waals surface area contributed by atoms with Gasteiger partial charge >= 0.3 is 0 Å². The molecule has 2 aliphatic heterocycles. The maximum absolute atomic E-state index is 12.0. The molecule has 1 aromatic carbocycles. The van der Waals surface area contributed by atoms with Gasteiger partial charge in [0.25, 0.3) is 0 Å². The van der Waals surface area contributed by atoms with E-state index in [4.69, 9.17) is 4.74 Å². The Bertz CT molecular complexity index is 444. The van der Waals surface area contributed by atoms with Crippen LogP contribution in [0.3, 0.4) is 0 Å². The number of amides is 1. The van der Waals surface area contributed by atoms with Crippen molar-refractivity contribution >= 4 is 5.91 Å². The first-order valence-corrected chi connectivity index (χ1v) is 6.84. The number of ether oxygens (including phenoxy) is 1. The molecule has 1 saturated heterocycles. The first kappa shape index (κ1) is 11.6. The maximum atomic E-state index is 12.0. The van der Waals surface area contributed by atoms with E-state index in [1.54, 1.807) is 0 Å². The fraction of sp³-hybridized carbons (Fsp3) is 0.533. The van der Waals surface area contributed by atoms with Gasteiger partial charge in [-0.15, -0.1) is 0 Å². The lowest BCUT2D eigenvalue weighted by Gasteiger charge is -2.17. The van der Waals surface area contributed by atoms with E-state index in [1.165, 1.54) is 5.56 Å². The van der Waals surface area contributed by atoms with Gasteiger partial charge in [0.15, 0.2) is 0 Å². The zero-order valence-electron chi connectivity index (χ0n) is 10.5. The van der Waals surface area contributed by atoms with Crippen LogP contribution in [-0.4, -0.2) is 19.1 Å². The van der Waals surface area contributed by atoms with Crippen LogP contribution >= 0.6 is 0 Å². The highest BCUT2D eigenvalue weighted by Gasteiger charge is 2.30. The zero-order chi connectivity index (χ0) is 12.4. The van der Waals surface area contributed by atoms with Crippen LogP contribution in [0.1, 0.15) is 37.2 Å². The molecule has 2 aliphatic rings. The summed E-state index contributed by atoms with van der Waals surface area (Å²) in [6.07, 6.45) is 4.20. The van der Waals surface area contributed by atoms with Crippen LogP contribution < -0.4 is 10.1 Å². The normalized spacial score (nSPS) is 27.0. The second kappa shape index (κ2) is 5.01. The highest BCUT2D eigenvalue weighted by atomic mass is 16.5. The van der Waals surface area contributed by atoms with Crippen molar-refractivity contribution in [2.75, 3.05) is 13.2 Å². The number of hydrogen-bond acceptors (Lipinski definition) is 2. The average molecular weight is 245 g/mol. The highest BCUT2D eigenvalue weighted by Crippen LogP contribution is 2.38. The summed E-state index contributed by atoms with van der Waals surface area (Å²) in [6.45, 7) is 1.57. The van der Waals surface area contributed by atoms with Crippen LogP contribution in [-0.2, 0) is 4.79 Å². The summed E-state index contributed by atoms with van der Waals surface area (Å²) in [5, 5.41) is 3.01. The van der Waals surface area contributed by atoms with Crippen molar-refractivity contribution in [1.29, 1.82) is 0 Å². The van der Waals surface area contributed by atoms with Crippen molar-refractivity contribution in [1.82, 2.24) is 5.32 Å². The molecule has 2 atom stereocenters. The Morgan fingerprint density at radius 3 is 3.06 bits per heavy atom. The van der Waals surface area contributed by atoms with Crippen LogP contribution in [0, 0.1) is 5.92 Å². The standard InChI is InChI=1S/C15H19NO2/c17-15-11(5-3-4-8-16-15)9-12-10-18-14-7-2-1-6-13(12)14/h1-2,6-7,11-12H,3-5,8-10H2,(H,16,17). The highest BCUT2D eigenvalue weighted by molar-refractivity contribution is 5.78. The van der Waals surface area contributed by atoms with Crippen LogP contribution in [0.4, 0.5) is 0 Å². The quantitative estimate of drug-likeness (QED) is 0.869. The summed E-state index contributed by atoms with van der Waals surface area (Å²) < 4.78 is 5.69. The molecule has 96 valence electrons. The predicted molar refractivity (Wildman–Crippen MR) is 69.6 cm³/mol. The Hall–Kier alpha value is -1.51. The third-order valence-corrected chi connectivity index (χ3v) is 4.02. The van der Waals surface area contributed by atoms with Gasteiger partial charge in [-0.1, -0.05) is 24.6 Å².